The van der Waals surface area contributed by atoms with Crippen LogP contribution in [0, 0.1) is 18.3 Å². The Morgan fingerprint density at radius 3 is 2.85 bits per heavy atom. The summed E-state index contributed by atoms with van der Waals surface area (Å²) in [4.78, 5) is 0.225. The first kappa shape index (κ1) is 15.7. The summed E-state index contributed by atoms with van der Waals surface area (Å²) in [5.74, 6) is 3.20. The Morgan fingerprint density at radius 2 is 2.25 bits per heavy atom. The predicted octanol–water partition coefficient (Wildman–Crippen LogP) is 1.99. The van der Waals surface area contributed by atoms with Gasteiger partial charge in [0.25, 0.3) is 0 Å². The van der Waals surface area contributed by atoms with Crippen LogP contribution in [0.2, 0.25) is 0 Å². The van der Waals surface area contributed by atoms with Gasteiger partial charge in [-0.15, -0.1) is 0 Å². The fourth-order valence-corrected chi connectivity index (χ4v) is 5.75. The standard InChI is InChI=1S/C13H16N2O2S3/c1-10-6-13(3-2-11(10)7-14)20(16,17)15-8-12-9-18-4-5-19-12/h2-3,6,12,15H,4-5,8-9H2,1H3. The lowest BCUT2D eigenvalue weighted by molar-refractivity contribution is 0.581. The van der Waals surface area contributed by atoms with Gasteiger partial charge in [-0.3, -0.25) is 0 Å². The monoisotopic (exact) mass is 328 g/mol. The SMILES string of the molecule is Cc1cc(S(=O)(=O)NCC2CSCCS2)ccc1C#N. The Morgan fingerprint density at radius 1 is 1.45 bits per heavy atom. The number of hydrogen-bond acceptors (Lipinski definition) is 5. The summed E-state index contributed by atoms with van der Waals surface area (Å²) in [5.41, 5.74) is 1.18. The van der Waals surface area contributed by atoms with Crippen molar-refractivity contribution in [3.8, 4) is 6.07 Å². The molecule has 1 N–H and O–H groups in total. The number of benzene rings is 1. The Kier molecular flexibility index (Phi) is 5.38. The summed E-state index contributed by atoms with van der Waals surface area (Å²) < 4.78 is 27.1. The van der Waals surface area contributed by atoms with E-state index in [4.69, 9.17) is 5.26 Å². The van der Waals surface area contributed by atoms with E-state index in [1.54, 1.807) is 19.1 Å². The highest BCUT2D eigenvalue weighted by Crippen LogP contribution is 2.24. The highest BCUT2D eigenvalue weighted by molar-refractivity contribution is 8.06. The molecule has 1 aliphatic rings. The number of nitrogens with one attached hydrogen (secondary N) is 1. The van der Waals surface area contributed by atoms with Crippen LogP contribution in [0.4, 0.5) is 0 Å². The molecule has 2 rings (SSSR count). The number of thioether (sulfide) groups is 2. The van der Waals surface area contributed by atoms with Crippen LogP contribution in [0.5, 0.6) is 0 Å². The maximum absolute atomic E-state index is 12.2. The first-order chi connectivity index (χ1) is 9.53. The molecule has 20 heavy (non-hydrogen) atoms. The molecule has 1 heterocycles. The molecule has 1 atom stereocenters. The average Bonchev–Trinajstić information content (AvgIpc) is 2.46. The van der Waals surface area contributed by atoms with E-state index in [1.807, 2.05) is 29.6 Å². The van der Waals surface area contributed by atoms with Gasteiger partial charge in [0.05, 0.1) is 16.5 Å². The minimum atomic E-state index is -3.49. The minimum absolute atomic E-state index is 0.225. The van der Waals surface area contributed by atoms with Crippen molar-refractivity contribution >= 4 is 33.5 Å². The van der Waals surface area contributed by atoms with Crippen LogP contribution >= 0.6 is 23.5 Å². The molecule has 1 aromatic carbocycles. The molecule has 1 aliphatic heterocycles. The van der Waals surface area contributed by atoms with Gasteiger partial charge in [-0.25, -0.2) is 13.1 Å². The number of nitrogens with zero attached hydrogens (tertiary/aromatic N) is 1. The molecule has 0 aromatic heterocycles. The number of sulfonamides is 1. The lowest BCUT2D eigenvalue weighted by Gasteiger charge is -2.21. The summed E-state index contributed by atoms with van der Waals surface area (Å²) in [6.45, 7) is 2.20. The number of nitriles is 1. The molecule has 0 bridgehead atoms. The summed E-state index contributed by atoms with van der Waals surface area (Å²) in [6, 6.07) is 6.62. The maximum atomic E-state index is 12.2. The van der Waals surface area contributed by atoms with Crippen molar-refractivity contribution in [1.82, 2.24) is 4.72 Å². The van der Waals surface area contributed by atoms with Gasteiger partial charge in [-0.05, 0) is 30.7 Å². The molecule has 1 unspecified atom stereocenters. The third-order valence-corrected chi connectivity index (χ3v) is 7.28. The lowest BCUT2D eigenvalue weighted by Crippen LogP contribution is -2.33. The largest absolute Gasteiger partial charge is 0.240 e. The van der Waals surface area contributed by atoms with Crippen LogP contribution in [-0.4, -0.2) is 37.5 Å². The summed E-state index contributed by atoms with van der Waals surface area (Å²) in [7, 11) is -3.49. The highest BCUT2D eigenvalue weighted by atomic mass is 32.2. The maximum Gasteiger partial charge on any atom is 0.240 e. The third-order valence-electron chi connectivity index (χ3n) is 3.01. The molecule has 0 spiro atoms. The number of hydrogen-bond donors (Lipinski definition) is 1. The zero-order valence-electron chi connectivity index (χ0n) is 11.1. The van der Waals surface area contributed by atoms with E-state index in [9.17, 15) is 8.42 Å². The minimum Gasteiger partial charge on any atom is -0.210 e. The molecular weight excluding hydrogens is 312 g/mol. The molecule has 0 saturated carbocycles. The van der Waals surface area contributed by atoms with Crippen molar-refractivity contribution in [2.24, 2.45) is 0 Å². The first-order valence-corrected chi connectivity index (χ1v) is 9.91. The van der Waals surface area contributed by atoms with Crippen LogP contribution in [0.25, 0.3) is 0 Å². The Hall–Kier alpha value is -0.680. The van der Waals surface area contributed by atoms with Gasteiger partial charge in [0, 0.05) is 29.1 Å². The van der Waals surface area contributed by atoms with E-state index in [0.29, 0.717) is 22.9 Å². The highest BCUT2D eigenvalue weighted by Gasteiger charge is 2.19. The van der Waals surface area contributed by atoms with Gasteiger partial charge in [0.15, 0.2) is 0 Å². The topological polar surface area (TPSA) is 70.0 Å². The van der Waals surface area contributed by atoms with Crippen molar-refractivity contribution in [2.75, 3.05) is 23.8 Å². The second kappa shape index (κ2) is 6.85. The second-order valence-electron chi connectivity index (χ2n) is 4.51. The van der Waals surface area contributed by atoms with Crippen molar-refractivity contribution in [3.05, 3.63) is 29.3 Å². The van der Waals surface area contributed by atoms with E-state index < -0.39 is 10.0 Å². The zero-order chi connectivity index (χ0) is 14.6. The zero-order valence-corrected chi connectivity index (χ0v) is 13.6. The van der Waals surface area contributed by atoms with Crippen molar-refractivity contribution in [2.45, 2.75) is 17.1 Å². The quantitative estimate of drug-likeness (QED) is 0.915. The van der Waals surface area contributed by atoms with Gasteiger partial charge < -0.3 is 0 Å². The molecular formula is C13H16N2O2S3. The summed E-state index contributed by atoms with van der Waals surface area (Å²) in [5, 5.41) is 9.20. The van der Waals surface area contributed by atoms with Gasteiger partial charge in [-0.1, -0.05) is 0 Å². The first-order valence-electron chi connectivity index (χ1n) is 6.22. The second-order valence-corrected chi connectivity index (χ2v) is 8.83. The van der Waals surface area contributed by atoms with E-state index >= 15 is 0 Å². The summed E-state index contributed by atoms with van der Waals surface area (Å²) in [6.07, 6.45) is 0. The average molecular weight is 328 g/mol. The van der Waals surface area contributed by atoms with Gasteiger partial charge >= 0.3 is 0 Å². The molecule has 1 saturated heterocycles. The van der Waals surface area contributed by atoms with Crippen LogP contribution < -0.4 is 4.72 Å². The lowest BCUT2D eigenvalue weighted by atomic mass is 10.1. The van der Waals surface area contributed by atoms with Crippen LogP contribution in [0.3, 0.4) is 0 Å². The Balaban J connectivity index is 2.06. The number of rotatable bonds is 4. The molecule has 1 fully saturated rings. The van der Waals surface area contributed by atoms with E-state index in [-0.39, 0.29) is 4.90 Å². The van der Waals surface area contributed by atoms with Crippen molar-refractivity contribution in [1.29, 1.82) is 5.26 Å². The molecule has 108 valence electrons. The normalized spacial score (nSPS) is 19.5. The van der Waals surface area contributed by atoms with E-state index in [0.717, 1.165) is 17.3 Å². The fraction of sp³-hybridized carbons (Fsp3) is 0.462. The third kappa shape index (κ3) is 3.92. The molecule has 0 aliphatic carbocycles. The molecule has 1 aromatic rings. The van der Waals surface area contributed by atoms with E-state index in [1.165, 1.54) is 6.07 Å². The molecule has 7 heteroatoms. The Labute approximate surface area is 128 Å². The summed E-state index contributed by atoms with van der Waals surface area (Å²) >= 11 is 3.68. The molecule has 4 nitrogen and oxygen atoms in total. The fourth-order valence-electron chi connectivity index (χ4n) is 1.87. The van der Waals surface area contributed by atoms with Crippen molar-refractivity contribution in [3.63, 3.8) is 0 Å². The molecule has 0 amide bonds. The number of aryl methyl sites for hydroxylation is 1. The van der Waals surface area contributed by atoms with Crippen LogP contribution in [-0.2, 0) is 10.0 Å². The Bertz CT molecular complexity index is 617. The van der Waals surface area contributed by atoms with Gasteiger partial charge in [0.1, 0.15) is 0 Å². The van der Waals surface area contributed by atoms with Crippen LogP contribution in [0.1, 0.15) is 11.1 Å². The predicted molar refractivity (Wildman–Crippen MR) is 84.7 cm³/mol. The van der Waals surface area contributed by atoms with Crippen molar-refractivity contribution < 1.29 is 8.42 Å². The van der Waals surface area contributed by atoms with E-state index in [2.05, 4.69) is 4.72 Å². The smallest absolute Gasteiger partial charge is 0.210 e. The van der Waals surface area contributed by atoms with Crippen LogP contribution in [0.15, 0.2) is 23.1 Å². The molecule has 0 radical (unpaired) electrons. The van der Waals surface area contributed by atoms with Gasteiger partial charge in [0.2, 0.25) is 10.0 Å². The van der Waals surface area contributed by atoms with Gasteiger partial charge in [-0.2, -0.15) is 28.8 Å².